The van der Waals surface area contributed by atoms with Crippen molar-refractivity contribution < 1.29 is 42.3 Å². The monoisotopic (exact) mass is 815 g/mol. The van der Waals surface area contributed by atoms with E-state index in [1.165, 1.54) is 0 Å². The van der Waals surface area contributed by atoms with Crippen molar-refractivity contribution in [3.8, 4) is 0 Å². The van der Waals surface area contributed by atoms with Gasteiger partial charge in [-0.2, -0.15) is 13.2 Å². The number of benzene rings is 2. The number of aliphatic imine (C=N–C) groups is 2. The second-order valence-electron chi connectivity index (χ2n) is 13.0. The highest BCUT2D eigenvalue weighted by Gasteiger charge is 2.38. The van der Waals surface area contributed by atoms with E-state index in [2.05, 4.69) is 35.9 Å². The van der Waals surface area contributed by atoms with E-state index in [0.717, 1.165) is 32.9 Å². The number of aromatic nitrogens is 2. The van der Waals surface area contributed by atoms with Gasteiger partial charge in [0.15, 0.2) is 11.9 Å². The van der Waals surface area contributed by atoms with Crippen LogP contribution < -0.4 is 50.4 Å². The van der Waals surface area contributed by atoms with Crippen LogP contribution in [0.3, 0.4) is 0 Å². The molecule has 2 aromatic heterocycles. The molecule has 0 fully saturated rings. The third-order valence-corrected chi connectivity index (χ3v) is 8.62. The zero-order valence-corrected chi connectivity index (χ0v) is 31.2. The third kappa shape index (κ3) is 14.3. The number of carboxylic acids is 1. The molecule has 4 rings (SSSR count). The van der Waals surface area contributed by atoms with Gasteiger partial charge in [-0.05, 0) is 48.9 Å². The van der Waals surface area contributed by atoms with Crippen molar-refractivity contribution in [2.45, 2.75) is 68.9 Å². The fourth-order valence-electron chi connectivity index (χ4n) is 5.72. The molecule has 0 aliphatic heterocycles. The minimum absolute atomic E-state index is 0.0690. The first-order valence-corrected chi connectivity index (χ1v) is 17.8. The maximum absolute atomic E-state index is 14.0. The van der Waals surface area contributed by atoms with E-state index in [1.807, 2.05) is 48.5 Å². The van der Waals surface area contributed by atoms with Crippen molar-refractivity contribution in [2.24, 2.45) is 44.4 Å². The van der Waals surface area contributed by atoms with Gasteiger partial charge < -0.3 is 65.4 Å². The standard InChI is InChI=1S/C34H47N13O4.C2HF3O2/c35-23(9-5-13-41-33(37)38)30(49)47-28(16-20-18-44-25-11-4-2-8-22(20)25)32(51)45-26(12-6-14-42-34(39)40)31(50)46-27(29(36)48)15-19-17-43-24-10-3-1-7-21(19)24;3-2(4,5)1(6)7/h1-4,7-8,10-11,17-18,23,26-28,43-44H,5-6,9,12-16,35H2,(H2,36,48)(H,45,51)(H,46,50)(H,47,49)(H4,37,38,41)(H4,39,40,42);(H,6,7)/t23-,26-,27-,28-;/m0./s1. The number of aromatic amines is 2. The normalized spacial score (nSPS) is 13.2. The molecule has 22 heteroatoms. The highest BCUT2D eigenvalue weighted by atomic mass is 19.4. The number of guanidine groups is 2. The van der Waals surface area contributed by atoms with Gasteiger partial charge in [0.1, 0.15) is 18.1 Å². The molecule has 0 unspecified atom stereocenters. The average Bonchev–Trinajstić information content (AvgIpc) is 3.77. The van der Waals surface area contributed by atoms with Crippen LogP contribution in [0.15, 0.2) is 70.9 Å². The summed E-state index contributed by atoms with van der Waals surface area (Å²) < 4.78 is 31.7. The summed E-state index contributed by atoms with van der Waals surface area (Å²) in [4.78, 5) is 76.7. The molecule has 58 heavy (non-hydrogen) atoms. The number of H-pyrrole nitrogens is 2. The number of aliphatic carboxylic acids is 1. The van der Waals surface area contributed by atoms with E-state index in [1.54, 1.807) is 12.4 Å². The summed E-state index contributed by atoms with van der Waals surface area (Å²) in [5, 5.41) is 17.1. The lowest BCUT2D eigenvalue weighted by Gasteiger charge is -2.25. The van der Waals surface area contributed by atoms with E-state index in [4.69, 9.17) is 44.3 Å². The molecule has 0 spiro atoms. The Kier molecular flexibility index (Phi) is 16.9. The lowest BCUT2D eigenvalue weighted by Crippen LogP contribution is -2.58. The van der Waals surface area contributed by atoms with Gasteiger partial charge in [-0.15, -0.1) is 0 Å². The number of nitrogens with two attached hydrogens (primary N) is 6. The topological polar surface area (TPSA) is 354 Å². The fraction of sp³-hybridized carbons (Fsp3) is 0.361. The van der Waals surface area contributed by atoms with E-state index < -0.39 is 59.9 Å². The number of primary amides is 1. The Morgan fingerprint density at radius 2 is 1.07 bits per heavy atom. The number of alkyl halides is 3. The molecule has 0 aliphatic carbocycles. The predicted molar refractivity (Wildman–Crippen MR) is 210 cm³/mol. The van der Waals surface area contributed by atoms with E-state index in [-0.39, 0.29) is 50.7 Å². The molecule has 4 atom stereocenters. The molecular formula is C36H48F3N13O6. The van der Waals surface area contributed by atoms with E-state index in [0.29, 0.717) is 12.8 Å². The highest BCUT2D eigenvalue weighted by molar-refractivity contribution is 5.95. The van der Waals surface area contributed by atoms with Crippen LogP contribution in [-0.2, 0) is 36.8 Å². The SMILES string of the molecule is NC(=O)[C@H](Cc1c[nH]c2ccccc12)NC(=O)[C@H](CCCN=C(N)N)NC(=O)[C@H](Cc1c[nH]c2ccccc12)NC(=O)[C@@H](N)CCCN=C(N)N.O=C(O)C(F)(F)F. The largest absolute Gasteiger partial charge is 0.490 e. The summed E-state index contributed by atoms with van der Waals surface area (Å²) in [5.74, 6) is -5.56. The maximum Gasteiger partial charge on any atom is 0.490 e. The smallest absolute Gasteiger partial charge is 0.475 e. The number of hydrogen-bond donors (Lipinski definition) is 12. The van der Waals surface area contributed by atoms with Gasteiger partial charge >= 0.3 is 12.1 Å². The lowest BCUT2D eigenvalue weighted by molar-refractivity contribution is -0.192. The van der Waals surface area contributed by atoms with Crippen LogP contribution in [0.2, 0.25) is 0 Å². The number of amides is 4. The number of nitrogens with zero attached hydrogens (tertiary/aromatic N) is 2. The summed E-state index contributed by atoms with van der Waals surface area (Å²) in [6, 6.07) is 10.7. The molecule has 4 aromatic rings. The Morgan fingerprint density at radius 1 is 0.655 bits per heavy atom. The van der Waals surface area contributed by atoms with Gasteiger partial charge in [-0.25, -0.2) is 4.79 Å². The minimum Gasteiger partial charge on any atom is -0.475 e. The molecule has 4 amide bonds. The second-order valence-corrected chi connectivity index (χ2v) is 13.0. The first-order valence-electron chi connectivity index (χ1n) is 17.8. The number of nitrogens with one attached hydrogen (secondary N) is 5. The van der Waals surface area contributed by atoms with Crippen LogP contribution in [-0.4, -0.2) is 100 Å². The predicted octanol–water partition coefficient (Wildman–Crippen LogP) is -0.558. The first-order chi connectivity index (χ1) is 27.4. The average molecular weight is 816 g/mol. The summed E-state index contributed by atoms with van der Waals surface area (Å²) in [7, 11) is 0. The van der Waals surface area contributed by atoms with Gasteiger partial charge in [-0.3, -0.25) is 29.2 Å². The van der Waals surface area contributed by atoms with Crippen LogP contribution >= 0.6 is 0 Å². The summed E-state index contributed by atoms with van der Waals surface area (Å²) in [6.45, 7) is 0.465. The molecule has 0 saturated heterocycles. The highest BCUT2D eigenvalue weighted by Crippen LogP contribution is 2.21. The van der Waals surface area contributed by atoms with Crippen LogP contribution in [0.25, 0.3) is 21.8 Å². The number of carbonyl (C=O) groups is 5. The number of carboxylic acid groups (broad SMARTS) is 1. The quantitative estimate of drug-likeness (QED) is 0.0323. The maximum atomic E-state index is 14.0. The molecular weight excluding hydrogens is 767 g/mol. The van der Waals surface area contributed by atoms with Crippen LogP contribution in [0.5, 0.6) is 0 Å². The summed E-state index contributed by atoms with van der Waals surface area (Å²) in [5.41, 5.74) is 36.8. The number of carbonyl (C=O) groups excluding carboxylic acids is 4. The molecule has 314 valence electrons. The van der Waals surface area contributed by atoms with Crippen LogP contribution in [0, 0.1) is 0 Å². The zero-order chi connectivity index (χ0) is 43.0. The number of rotatable bonds is 19. The Morgan fingerprint density at radius 3 is 1.53 bits per heavy atom. The van der Waals surface area contributed by atoms with E-state index in [9.17, 15) is 32.3 Å². The van der Waals surface area contributed by atoms with Gasteiger partial charge in [-0.1, -0.05) is 36.4 Å². The fourth-order valence-corrected chi connectivity index (χ4v) is 5.72. The molecule has 2 aromatic carbocycles. The minimum atomic E-state index is -5.08. The molecule has 2 heterocycles. The third-order valence-electron chi connectivity index (χ3n) is 8.62. The zero-order valence-electron chi connectivity index (χ0n) is 31.2. The Balaban J connectivity index is 0.00000117. The van der Waals surface area contributed by atoms with Gasteiger partial charge in [0.2, 0.25) is 23.6 Å². The molecule has 0 bridgehead atoms. The molecule has 19 nitrogen and oxygen atoms in total. The van der Waals surface area contributed by atoms with Crippen molar-refractivity contribution in [3.63, 3.8) is 0 Å². The number of halogens is 3. The second kappa shape index (κ2) is 21.5. The first kappa shape index (κ1) is 45.5. The number of para-hydroxylation sites is 2. The summed E-state index contributed by atoms with van der Waals surface area (Å²) in [6.07, 6.45) is -0.285. The van der Waals surface area contributed by atoms with Crippen molar-refractivity contribution in [1.82, 2.24) is 25.9 Å². The van der Waals surface area contributed by atoms with Crippen molar-refractivity contribution in [3.05, 3.63) is 72.1 Å². The van der Waals surface area contributed by atoms with Crippen LogP contribution in [0.1, 0.15) is 36.8 Å². The Bertz CT molecular complexity index is 2090. The van der Waals surface area contributed by atoms with Crippen molar-refractivity contribution in [2.75, 3.05) is 13.1 Å². The lowest BCUT2D eigenvalue weighted by atomic mass is 10.0. The van der Waals surface area contributed by atoms with Gasteiger partial charge in [0, 0.05) is 60.1 Å². The Labute approximate surface area is 329 Å². The molecule has 0 aliphatic rings. The molecule has 0 radical (unpaired) electrons. The van der Waals surface area contributed by atoms with E-state index >= 15 is 0 Å². The molecule has 0 saturated carbocycles. The Hall–Kier alpha value is -6.84. The van der Waals surface area contributed by atoms with Gasteiger partial charge in [0.25, 0.3) is 0 Å². The van der Waals surface area contributed by atoms with Gasteiger partial charge in [0.05, 0.1) is 6.04 Å². The van der Waals surface area contributed by atoms with Crippen LogP contribution in [0.4, 0.5) is 13.2 Å². The van der Waals surface area contributed by atoms with Crippen molar-refractivity contribution >= 4 is 63.3 Å². The number of hydrogen-bond acceptors (Lipinski definition) is 8. The molecule has 18 N–H and O–H groups in total. The summed E-state index contributed by atoms with van der Waals surface area (Å²) >= 11 is 0. The number of fused-ring (bicyclic) bond motifs is 2. The van der Waals surface area contributed by atoms with Crippen molar-refractivity contribution in [1.29, 1.82) is 0 Å².